The molecule has 0 bridgehead atoms. The standard InChI is InChI=1S/C11H14N4.ClH/c1-9-3-4-10(5-13-9)7-15-8-11(12-2)6-14-15;/h3-6,8,12H,7H2,1-2H3;1H. The maximum Gasteiger partial charge on any atom is 0.0724 e. The first-order chi connectivity index (χ1) is 7.28. The van der Waals surface area contributed by atoms with Crippen LogP contribution in [0, 0.1) is 6.92 Å². The molecule has 0 aliphatic rings. The van der Waals surface area contributed by atoms with Crippen LogP contribution in [0.5, 0.6) is 0 Å². The van der Waals surface area contributed by atoms with E-state index in [1.165, 1.54) is 0 Å². The molecule has 0 unspecified atom stereocenters. The number of nitrogens with zero attached hydrogens (tertiary/aromatic N) is 3. The smallest absolute Gasteiger partial charge is 0.0724 e. The van der Waals surface area contributed by atoms with Crippen molar-refractivity contribution in [3.8, 4) is 0 Å². The first kappa shape index (κ1) is 12.5. The monoisotopic (exact) mass is 238 g/mol. The molecule has 0 aliphatic heterocycles. The van der Waals surface area contributed by atoms with Crippen molar-refractivity contribution in [1.29, 1.82) is 0 Å². The topological polar surface area (TPSA) is 42.7 Å². The molecule has 0 saturated carbocycles. The molecule has 2 rings (SSSR count). The molecule has 0 aliphatic carbocycles. The van der Waals surface area contributed by atoms with E-state index in [1.54, 1.807) is 0 Å². The normalized spacial score (nSPS) is 9.62. The fraction of sp³-hybridized carbons (Fsp3) is 0.273. The Bertz CT molecular complexity index is 436. The Balaban J connectivity index is 0.00000128. The average Bonchev–Trinajstić information content (AvgIpc) is 2.69. The Labute approximate surface area is 101 Å². The predicted octanol–water partition coefficient (Wildman–Crippen LogP) is 2.10. The van der Waals surface area contributed by atoms with Gasteiger partial charge in [-0.3, -0.25) is 9.67 Å². The third-order valence-corrected chi connectivity index (χ3v) is 2.24. The van der Waals surface area contributed by atoms with Crippen LogP contribution in [0.15, 0.2) is 30.7 Å². The molecular weight excluding hydrogens is 224 g/mol. The Kier molecular flexibility index (Phi) is 4.31. The molecule has 86 valence electrons. The lowest BCUT2D eigenvalue weighted by Crippen LogP contribution is -2.00. The number of aromatic nitrogens is 3. The molecule has 16 heavy (non-hydrogen) atoms. The lowest BCUT2D eigenvalue weighted by atomic mass is 10.2. The molecule has 0 radical (unpaired) electrons. The molecule has 0 spiro atoms. The number of pyridine rings is 1. The molecule has 0 saturated heterocycles. The molecule has 5 heteroatoms. The number of anilines is 1. The van der Waals surface area contributed by atoms with Gasteiger partial charge in [-0.25, -0.2) is 0 Å². The van der Waals surface area contributed by atoms with Gasteiger partial charge in [0.15, 0.2) is 0 Å². The summed E-state index contributed by atoms with van der Waals surface area (Å²) in [5, 5.41) is 7.27. The lowest BCUT2D eigenvalue weighted by molar-refractivity contribution is 0.684. The quantitative estimate of drug-likeness (QED) is 0.891. The van der Waals surface area contributed by atoms with Crippen molar-refractivity contribution in [2.75, 3.05) is 12.4 Å². The summed E-state index contributed by atoms with van der Waals surface area (Å²) in [6, 6.07) is 4.08. The van der Waals surface area contributed by atoms with Crippen LogP contribution in [0.1, 0.15) is 11.3 Å². The third-order valence-electron chi connectivity index (χ3n) is 2.24. The highest BCUT2D eigenvalue weighted by Gasteiger charge is 1.98. The van der Waals surface area contributed by atoms with Crippen molar-refractivity contribution in [2.24, 2.45) is 0 Å². The molecule has 0 fully saturated rings. The minimum atomic E-state index is 0. The summed E-state index contributed by atoms with van der Waals surface area (Å²) in [5.41, 5.74) is 3.22. The Morgan fingerprint density at radius 3 is 2.69 bits per heavy atom. The van der Waals surface area contributed by atoms with E-state index in [0.717, 1.165) is 23.5 Å². The third kappa shape index (κ3) is 2.97. The molecular formula is C11H15ClN4. The summed E-state index contributed by atoms with van der Waals surface area (Å²) >= 11 is 0. The van der Waals surface area contributed by atoms with Gasteiger partial charge in [-0.15, -0.1) is 12.4 Å². The van der Waals surface area contributed by atoms with E-state index in [9.17, 15) is 0 Å². The minimum absolute atomic E-state index is 0. The number of hydrogen-bond acceptors (Lipinski definition) is 3. The summed E-state index contributed by atoms with van der Waals surface area (Å²) in [5.74, 6) is 0. The van der Waals surface area contributed by atoms with Gasteiger partial charge in [-0.1, -0.05) is 6.07 Å². The van der Waals surface area contributed by atoms with Gasteiger partial charge in [-0.2, -0.15) is 5.10 Å². The van der Waals surface area contributed by atoms with E-state index < -0.39 is 0 Å². The summed E-state index contributed by atoms with van der Waals surface area (Å²) in [6.07, 6.45) is 5.66. The maximum absolute atomic E-state index is 4.25. The maximum atomic E-state index is 4.25. The number of aryl methyl sites for hydroxylation is 1. The number of halogens is 1. The van der Waals surface area contributed by atoms with Gasteiger partial charge in [-0.05, 0) is 18.6 Å². The van der Waals surface area contributed by atoms with E-state index >= 15 is 0 Å². The molecule has 0 amide bonds. The second-order valence-electron chi connectivity index (χ2n) is 3.48. The molecule has 2 heterocycles. The van der Waals surface area contributed by atoms with E-state index in [-0.39, 0.29) is 12.4 Å². The summed E-state index contributed by atoms with van der Waals surface area (Å²) in [7, 11) is 1.88. The van der Waals surface area contributed by atoms with Crippen LogP contribution >= 0.6 is 12.4 Å². The van der Waals surface area contributed by atoms with Crippen molar-refractivity contribution in [3.05, 3.63) is 42.0 Å². The van der Waals surface area contributed by atoms with Crippen molar-refractivity contribution in [3.63, 3.8) is 0 Å². The number of rotatable bonds is 3. The Morgan fingerprint density at radius 1 is 1.31 bits per heavy atom. The first-order valence-electron chi connectivity index (χ1n) is 4.89. The van der Waals surface area contributed by atoms with E-state index in [0.29, 0.717) is 0 Å². The zero-order valence-corrected chi connectivity index (χ0v) is 10.2. The Hall–Kier alpha value is -1.55. The van der Waals surface area contributed by atoms with Gasteiger partial charge in [0.2, 0.25) is 0 Å². The van der Waals surface area contributed by atoms with Gasteiger partial charge in [0, 0.05) is 25.1 Å². The second kappa shape index (κ2) is 5.51. The summed E-state index contributed by atoms with van der Waals surface area (Å²) < 4.78 is 1.89. The molecule has 0 atom stereocenters. The van der Waals surface area contributed by atoms with Crippen molar-refractivity contribution in [1.82, 2.24) is 14.8 Å². The zero-order valence-electron chi connectivity index (χ0n) is 9.34. The first-order valence-corrected chi connectivity index (χ1v) is 4.89. The van der Waals surface area contributed by atoms with Gasteiger partial charge in [0.05, 0.1) is 18.4 Å². The van der Waals surface area contributed by atoms with E-state index in [2.05, 4.69) is 21.5 Å². The fourth-order valence-corrected chi connectivity index (χ4v) is 1.36. The molecule has 4 nitrogen and oxygen atoms in total. The average molecular weight is 239 g/mol. The highest BCUT2D eigenvalue weighted by Crippen LogP contribution is 2.06. The Morgan fingerprint density at radius 2 is 2.12 bits per heavy atom. The van der Waals surface area contributed by atoms with Crippen LogP contribution in [0.4, 0.5) is 5.69 Å². The van der Waals surface area contributed by atoms with E-state index in [1.807, 2.05) is 43.3 Å². The fourth-order valence-electron chi connectivity index (χ4n) is 1.36. The van der Waals surface area contributed by atoms with Gasteiger partial charge in [0.25, 0.3) is 0 Å². The number of nitrogens with one attached hydrogen (secondary N) is 1. The van der Waals surface area contributed by atoms with Gasteiger partial charge in [0.1, 0.15) is 0 Å². The molecule has 1 N–H and O–H groups in total. The van der Waals surface area contributed by atoms with Crippen LogP contribution in [-0.2, 0) is 6.54 Å². The molecule has 0 aromatic carbocycles. The van der Waals surface area contributed by atoms with Crippen LogP contribution in [-0.4, -0.2) is 21.8 Å². The van der Waals surface area contributed by atoms with Crippen LogP contribution in [0.25, 0.3) is 0 Å². The highest BCUT2D eigenvalue weighted by molar-refractivity contribution is 5.85. The van der Waals surface area contributed by atoms with Crippen LogP contribution in [0.3, 0.4) is 0 Å². The molecule has 2 aromatic rings. The van der Waals surface area contributed by atoms with E-state index in [4.69, 9.17) is 0 Å². The predicted molar refractivity (Wildman–Crippen MR) is 67.1 cm³/mol. The number of hydrogen-bond donors (Lipinski definition) is 1. The summed E-state index contributed by atoms with van der Waals surface area (Å²) in [6.45, 7) is 2.74. The zero-order chi connectivity index (χ0) is 10.7. The minimum Gasteiger partial charge on any atom is -0.386 e. The van der Waals surface area contributed by atoms with Gasteiger partial charge < -0.3 is 5.32 Å². The van der Waals surface area contributed by atoms with Crippen LogP contribution in [0.2, 0.25) is 0 Å². The van der Waals surface area contributed by atoms with Crippen molar-refractivity contribution in [2.45, 2.75) is 13.5 Å². The lowest BCUT2D eigenvalue weighted by Gasteiger charge is -2.01. The van der Waals surface area contributed by atoms with Crippen molar-refractivity contribution >= 4 is 18.1 Å². The van der Waals surface area contributed by atoms with Gasteiger partial charge >= 0.3 is 0 Å². The van der Waals surface area contributed by atoms with Crippen molar-refractivity contribution < 1.29 is 0 Å². The largest absolute Gasteiger partial charge is 0.386 e. The molecule has 2 aromatic heterocycles. The highest BCUT2D eigenvalue weighted by atomic mass is 35.5. The summed E-state index contributed by atoms with van der Waals surface area (Å²) in [4.78, 5) is 4.25. The SMILES string of the molecule is CNc1cnn(Cc2ccc(C)nc2)c1.Cl. The second-order valence-corrected chi connectivity index (χ2v) is 3.48. The van der Waals surface area contributed by atoms with Crippen LogP contribution < -0.4 is 5.32 Å².